The standard InChI is InChI=1S/C19H15ClN2O/c20-12-9-10-17-15(11-12)18(14-7-4-8-16(14)22-17)19(23)21-13-5-2-1-3-6-13/h1-3,5-6,9-11H,4,7-8H2,(H,21,23). The van der Waals surface area contributed by atoms with Crippen LogP contribution in [0.3, 0.4) is 0 Å². The van der Waals surface area contributed by atoms with Gasteiger partial charge in [-0.15, -0.1) is 0 Å². The summed E-state index contributed by atoms with van der Waals surface area (Å²) in [6.45, 7) is 0. The molecule has 4 rings (SSSR count). The maximum atomic E-state index is 12.9. The minimum atomic E-state index is -0.0935. The van der Waals surface area contributed by atoms with Gasteiger partial charge in [0.05, 0.1) is 11.1 Å². The summed E-state index contributed by atoms with van der Waals surface area (Å²) in [6, 6.07) is 15.0. The van der Waals surface area contributed by atoms with Crippen LogP contribution in [0.2, 0.25) is 5.02 Å². The molecule has 3 nitrogen and oxygen atoms in total. The van der Waals surface area contributed by atoms with E-state index < -0.39 is 0 Å². The quantitative estimate of drug-likeness (QED) is 0.747. The van der Waals surface area contributed by atoms with Crippen molar-refractivity contribution < 1.29 is 4.79 Å². The van der Waals surface area contributed by atoms with Gasteiger partial charge in [-0.05, 0) is 55.2 Å². The lowest BCUT2D eigenvalue weighted by Crippen LogP contribution is -2.15. The van der Waals surface area contributed by atoms with Crippen LogP contribution >= 0.6 is 11.6 Å². The Morgan fingerprint density at radius 1 is 1.09 bits per heavy atom. The van der Waals surface area contributed by atoms with Crippen molar-refractivity contribution in [2.75, 3.05) is 5.32 Å². The summed E-state index contributed by atoms with van der Waals surface area (Å²) in [7, 11) is 0. The highest BCUT2D eigenvalue weighted by atomic mass is 35.5. The average molecular weight is 323 g/mol. The van der Waals surface area contributed by atoms with Crippen LogP contribution in [0.4, 0.5) is 5.69 Å². The van der Waals surface area contributed by atoms with E-state index in [4.69, 9.17) is 16.6 Å². The van der Waals surface area contributed by atoms with Crippen molar-refractivity contribution in [2.24, 2.45) is 0 Å². The zero-order valence-electron chi connectivity index (χ0n) is 12.5. The number of nitrogens with zero attached hydrogens (tertiary/aromatic N) is 1. The van der Waals surface area contributed by atoms with E-state index in [1.165, 1.54) is 0 Å². The van der Waals surface area contributed by atoms with Crippen LogP contribution in [0.25, 0.3) is 10.9 Å². The fourth-order valence-corrected chi connectivity index (χ4v) is 3.38. The average Bonchev–Trinajstić information content (AvgIpc) is 3.01. The van der Waals surface area contributed by atoms with Crippen molar-refractivity contribution in [3.05, 3.63) is 70.4 Å². The Morgan fingerprint density at radius 3 is 2.74 bits per heavy atom. The van der Waals surface area contributed by atoms with Crippen molar-refractivity contribution in [3.8, 4) is 0 Å². The molecule has 114 valence electrons. The third-order valence-corrected chi connectivity index (χ3v) is 4.47. The number of halogens is 1. The number of carbonyl (C=O) groups is 1. The van der Waals surface area contributed by atoms with Gasteiger partial charge in [-0.25, -0.2) is 0 Å². The zero-order valence-corrected chi connectivity index (χ0v) is 13.2. The fraction of sp³-hybridized carbons (Fsp3) is 0.158. The molecule has 1 N–H and O–H groups in total. The normalized spacial score (nSPS) is 13.1. The summed E-state index contributed by atoms with van der Waals surface area (Å²) >= 11 is 6.15. The Labute approximate surface area is 139 Å². The second-order valence-corrected chi connectivity index (χ2v) is 6.18. The highest BCUT2D eigenvalue weighted by Crippen LogP contribution is 2.32. The van der Waals surface area contributed by atoms with E-state index in [0.717, 1.165) is 47.1 Å². The summed E-state index contributed by atoms with van der Waals surface area (Å²) < 4.78 is 0. The Morgan fingerprint density at radius 2 is 1.91 bits per heavy atom. The lowest BCUT2D eigenvalue weighted by Gasteiger charge is -2.13. The molecule has 2 aromatic carbocycles. The number of aryl methyl sites for hydroxylation is 1. The minimum Gasteiger partial charge on any atom is -0.322 e. The summed E-state index contributed by atoms with van der Waals surface area (Å²) in [5.74, 6) is -0.0935. The van der Waals surface area contributed by atoms with Crippen LogP contribution in [-0.4, -0.2) is 10.9 Å². The molecule has 1 aliphatic rings. The molecule has 0 aliphatic heterocycles. The van der Waals surface area contributed by atoms with Gasteiger partial charge in [0.1, 0.15) is 0 Å². The predicted molar refractivity (Wildman–Crippen MR) is 93.2 cm³/mol. The van der Waals surface area contributed by atoms with Crippen LogP contribution < -0.4 is 5.32 Å². The van der Waals surface area contributed by atoms with E-state index in [1.807, 2.05) is 48.5 Å². The fourth-order valence-electron chi connectivity index (χ4n) is 3.21. The molecule has 1 heterocycles. The Kier molecular flexibility index (Phi) is 3.50. The molecule has 1 aromatic heterocycles. The Hall–Kier alpha value is -2.39. The first-order valence-electron chi connectivity index (χ1n) is 7.70. The van der Waals surface area contributed by atoms with Crippen LogP contribution in [0.1, 0.15) is 28.0 Å². The van der Waals surface area contributed by atoms with Crippen molar-refractivity contribution in [2.45, 2.75) is 19.3 Å². The maximum Gasteiger partial charge on any atom is 0.256 e. The topological polar surface area (TPSA) is 42.0 Å². The van der Waals surface area contributed by atoms with Crippen LogP contribution in [0, 0.1) is 0 Å². The van der Waals surface area contributed by atoms with Gasteiger partial charge in [0, 0.05) is 21.8 Å². The lowest BCUT2D eigenvalue weighted by atomic mass is 10.0. The zero-order chi connectivity index (χ0) is 15.8. The number of nitrogens with one attached hydrogen (secondary N) is 1. The lowest BCUT2D eigenvalue weighted by molar-refractivity contribution is 0.102. The van der Waals surface area contributed by atoms with Crippen molar-refractivity contribution in [1.29, 1.82) is 0 Å². The predicted octanol–water partition coefficient (Wildman–Crippen LogP) is 4.63. The minimum absolute atomic E-state index is 0.0935. The molecule has 0 fully saturated rings. The van der Waals surface area contributed by atoms with Crippen molar-refractivity contribution in [1.82, 2.24) is 4.98 Å². The summed E-state index contributed by atoms with van der Waals surface area (Å²) in [5, 5.41) is 4.43. The highest BCUT2D eigenvalue weighted by Gasteiger charge is 2.24. The number of hydrogen-bond donors (Lipinski definition) is 1. The monoisotopic (exact) mass is 322 g/mol. The van der Waals surface area contributed by atoms with E-state index in [9.17, 15) is 4.79 Å². The molecule has 0 unspecified atom stereocenters. The van der Waals surface area contributed by atoms with Gasteiger partial charge in [0.15, 0.2) is 0 Å². The molecule has 0 spiro atoms. The van der Waals surface area contributed by atoms with Gasteiger partial charge in [-0.1, -0.05) is 29.8 Å². The summed E-state index contributed by atoms with van der Waals surface area (Å²) in [6.07, 6.45) is 2.86. The molecule has 23 heavy (non-hydrogen) atoms. The Bertz CT molecular complexity index is 906. The number of carbonyl (C=O) groups excluding carboxylic acids is 1. The van der Waals surface area contributed by atoms with E-state index in [0.29, 0.717) is 10.6 Å². The second kappa shape index (κ2) is 5.67. The molecule has 0 saturated carbocycles. The van der Waals surface area contributed by atoms with E-state index in [1.54, 1.807) is 0 Å². The van der Waals surface area contributed by atoms with Gasteiger partial charge in [0.2, 0.25) is 0 Å². The van der Waals surface area contributed by atoms with Gasteiger partial charge in [-0.3, -0.25) is 9.78 Å². The van der Waals surface area contributed by atoms with Crippen LogP contribution in [0.5, 0.6) is 0 Å². The maximum absolute atomic E-state index is 12.9. The number of aromatic nitrogens is 1. The SMILES string of the molecule is O=C(Nc1ccccc1)c1c2c(nc3ccc(Cl)cc13)CCC2. The first kappa shape index (κ1) is 14.2. The van der Waals surface area contributed by atoms with Gasteiger partial charge >= 0.3 is 0 Å². The number of hydrogen-bond acceptors (Lipinski definition) is 2. The van der Waals surface area contributed by atoms with Crippen molar-refractivity contribution in [3.63, 3.8) is 0 Å². The molecule has 1 aliphatic carbocycles. The molecule has 0 bridgehead atoms. The summed E-state index contributed by atoms with van der Waals surface area (Å²) in [5.41, 5.74) is 4.43. The number of pyridine rings is 1. The smallest absolute Gasteiger partial charge is 0.256 e. The number of fused-ring (bicyclic) bond motifs is 2. The largest absolute Gasteiger partial charge is 0.322 e. The third-order valence-electron chi connectivity index (χ3n) is 4.23. The number of benzene rings is 2. The number of anilines is 1. The molecule has 1 amide bonds. The molecular weight excluding hydrogens is 308 g/mol. The van der Waals surface area contributed by atoms with Gasteiger partial charge < -0.3 is 5.32 Å². The van der Waals surface area contributed by atoms with Crippen LogP contribution in [-0.2, 0) is 12.8 Å². The van der Waals surface area contributed by atoms with E-state index in [2.05, 4.69) is 5.32 Å². The number of amides is 1. The number of rotatable bonds is 2. The molecule has 0 radical (unpaired) electrons. The highest BCUT2D eigenvalue weighted by molar-refractivity contribution is 6.31. The van der Waals surface area contributed by atoms with Crippen molar-refractivity contribution >= 4 is 34.1 Å². The van der Waals surface area contributed by atoms with E-state index >= 15 is 0 Å². The molecule has 0 atom stereocenters. The molecule has 0 saturated heterocycles. The Balaban J connectivity index is 1.87. The van der Waals surface area contributed by atoms with Crippen LogP contribution in [0.15, 0.2) is 48.5 Å². The molecule has 4 heteroatoms. The molecule has 3 aromatic rings. The van der Waals surface area contributed by atoms with Gasteiger partial charge in [0.25, 0.3) is 5.91 Å². The third kappa shape index (κ3) is 2.57. The first-order valence-corrected chi connectivity index (χ1v) is 8.07. The van der Waals surface area contributed by atoms with E-state index in [-0.39, 0.29) is 5.91 Å². The van der Waals surface area contributed by atoms with Gasteiger partial charge in [-0.2, -0.15) is 0 Å². The number of para-hydroxylation sites is 1. The summed E-state index contributed by atoms with van der Waals surface area (Å²) in [4.78, 5) is 17.6. The molecular formula is C19H15ClN2O. The first-order chi connectivity index (χ1) is 11.2. The second-order valence-electron chi connectivity index (χ2n) is 5.75.